The normalized spacial score (nSPS) is 22.6. The maximum Gasteiger partial charge on any atom is 0.0366 e. The number of rotatable bonds is 3. The summed E-state index contributed by atoms with van der Waals surface area (Å²) in [7, 11) is 0. The van der Waals surface area contributed by atoms with Crippen molar-refractivity contribution in [3.8, 4) is 0 Å². The van der Waals surface area contributed by atoms with Crippen LogP contribution < -0.4 is 10.6 Å². The van der Waals surface area contributed by atoms with E-state index < -0.39 is 0 Å². The standard InChI is InChI=1S/C16H24N2/c17-16(13-5-1-2-6-13)14-7-9-15(10-8-14)18-11-3-4-12-18/h7-10,13,16H,1-6,11-12,17H2/t16-/m0/s1. The van der Waals surface area contributed by atoms with E-state index in [1.165, 1.54) is 62.9 Å². The molecule has 1 saturated heterocycles. The molecule has 2 nitrogen and oxygen atoms in total. The Balaban J connectivity index is 1.69. The first-order valence-electron chi connectivity index (χ1n) is 7.45. The fourth-order valence-corrected chi connectivity index (χ4v) is 3.47. The lowest BCUT2D eigenvalue weighted by Crippen LogP contribution is -2.20. The van der Waals surface area contributed by atoms with Gasteiger partial charge in [-0.05, 0) is 49.3 Å². The van der Waals surface area contributed by atoms with Crippen LogP contribution in [0.4, 0.5) is 5.69 Å². The monoisotopic (exact) mass is 244 g/mol. The predicted molar refractivity (Wildman–Crippen MR) is 76.8 cm³/mol. The topological polar surface area (TPSA) is 29.3 Å². The molecule has 0 spiro atoms. The Kier molecular flexibility index (Phi) is 3.55. The van der Waals surface area contributed by atoms with E-state index in [-0.39, 0.29) is 6.04 Å². The maximum absolute atomic E-state index is 6.39. The SMILES string of the molecule is N[C@H](c1ccc(N2CCCC2)cc1)C1CCCC1. The van der Waals surface area contributed by atoms with Gasteiger partial charge in [0.15, 0.2) is 0 Å². The van der Waals surface area contributed by atoms with Crippen LogP contribution in [-0.2, 0) is 0 Å². The Morgan fingerprint density at radius 1 is 0.944 bits per heavy atom. The van der Waals surface area contributed by atoms with Crippen molar-refractivity contribution in [2.75, 3.05) is 18.0 Å². The number of nitrogens with zero attached hydrogens (tertiary/aromatic N) is 1. The summed E-state index contributed by atoms with van der Waals surface area (Å²) in [5.74, 6) is 0.711. The van der Waals surface area contributed by atoms with Crippen molar-refractivity contribution >= 4 is 5.69 Å². The zero-order valence-corrected chi connectivity index (χ0v) is 11.1. The fourth-order valence-electron chi connectivity index (χ4n) is 3.47. The Bertz CT molecular complexity index is 373. The smallest absolute Gasteiger partial charge is 0.0366 e. The minimum Gasteiger partial charge on any atom is -0.372 e. The molecule has 1 aromatic rings. The molecule has 0 unspecified atom stereocenters. The van der Waals surface area contributed by atoms with Crippen LogP contribution in [0.25, 0.3) is 0 Å². The predicted octanol–water partition coefficient (Wildman–Crippen LogP) is 3.48. The molecule has 0 aromatic heterocycles. The van der Waals surface area contributed by atoms with Gasteiger partial charge < -0.3 is 10.6 Å². The third kappa shape index (κ3) is 2.39. The van der Waals surface area contributed by atoms with E-state index >= 15 is 0 Å². The van der Waals surface area contributed by atoms with Gasteiger partial charge in [0.1, 0.15) is 0 Å². The summed E-state index contributed by atoms with van der Waals surface area (Å²) in [6.07, 6.45) is 8.03. The van der Waals surface area contributed by atoms with Crippen molar-refractivity contribution in [3.63, 3.8) is 0 Å². The quantitative estimate of drug-likeness (QED) is 0.882. The van der Waals surface area contributed by atoms with Gasteiger partial charge in [-0.1, -0.05) is 25.0 Å². The lowest BCUT2D eigenvalue weighted by atomic mass is 9.92. The van der Waals surface area contributed by atoms with E-state index in [0.29, 0.717) is 5.92 Å². The van der Waals surface area contributed by atoms with Gasteiger partial charge in [0, 0.05) is 24.8 Å². The highest BCUT2D eigenvalue weighted by Crippen LogP contribution is 2.34. The van der Waals surface area contributed by atoms with Crippen molar-refractivity contribution in [2.24, 2.45) is 11.7 Å². The minimum atomic E-state index is 0.250. The Hall–Kier alpha value is -1.02. The zero-order chi connectivity index (χ0) is 12.4. The number of hydrogen-bond donors (Lipinski definition) is 1. The second-order valence-corrected chi connectivity index (χ2v) is 5.86. The number of benzene rings is 1. The summed E-state index contributed by atoms with van der Waals surface area (Å²) in [6.45, 7) is 2.43. The molecule has 1 saturated carbocycles. The maximum atomic E-state index is 6.39. The molecule has 18 heavy (non-hydrogen) atoms. The molecule has 1 aromatic carbocycles. The largest absolute Gasteiger partial charge is 0.372 e. The third-order valence-corrected chi connectivity index (χ3v) is 4.66. The van der Waals surface area contributed by atoms with Gasteiger partial charge >= 0.3 is 0 Å². The van der Waals surface area contributed by atoms with Gasteiger partial charge in [-0.25, -0.2) is 0 Å². The van der Waals surface area contributed by atoms with Crippen molar-refractivity contribution in [3.05, 3.63) is 29.8 Å². The average molecular weight is 244 g/mol. The number of anilines is 1. The number of nitrogens with two attached hydrogens (primary N) is 1. The summed E-state index contributed by atoms with van der Waals surface area (Å²) in [4.78, 5) is 2.48. The molecule has 0 radical (unpaired) electrons. The lowest BCUT2D eigenvalue weighted by Gasteiger charge is -2.21. The van der Waals surface area contributed by atoms with Crippen molar-refractivity contribution in [1.82, 2.24) is 0 Å². The summed E-state index contributed by atoms with van der Waals surface area (Å²) in [5, 5.41) is 0. The molecule has 2 heteroatoms. The Labute approximate surface area is 110 Å². The third-order valence-electron chi connectivity index (χ3n) is 4.66. The fraction of sp³-hybridized carbons (Fsp3) is 0.625. The van der Waals surface area contributed by atoms with Crippen LogP contribution in [0, 0.1) is 5.92 Å². The zero-order valence-electron chi connectivity index (χ0n) is 11.1. The molecule has 2 aliphatic rings. The van der Waals surface area contributed by atoms with E-state index in [1.807, 2.05) is 0 Å². The molecule has 1 heterocycles. The van der Waals surface area contributed by atoms with Crippen molar-refractivity contribution in [1.29, 1.82) is 0 Å². The van der Waals surface area contributed by atoms with Crippen LogP contribution in [0.1, 0.15) is 50.1 Å². The van der Waals surface area contributed by atoms with Gasteiger partial charge in [0.2, 0.25) is 0 Å². The first-order valence-corrected chi connectivity index (χ1v) is 7.45. The molecular formula is C16H24N2. The first kappa shape index (κ1) is 12.0. The summed E-state index contributed by atoms with van der Waals surface area (Å²) in [6, 6.07) is 9.26. The molecule has 3 rings (SSSR count). The van der Waals surface area contributed by atoms with Gasteiger partial charge in [-0.3, -0.25) is 0 Å². The summed E-state index contributed by atoms with van der Waals surface area (Å²) < 4.78 is 0. The Morgan fingerprint density at radius 2 is 1.56 bits per heavy atom. The summed E-state index contributed by atoms with van der Waals surface area (Å²) >= 11 is 0. The van der Waals surface area contributed by atoms with Gasteiger partial charge in [0.25, 0.3) is 0 Å². The van der Waals surface area contributed by atoms with E-state index in [2.05, 4.69) is 29.2 Å². The van der Waals surface area contributed by atoms with Crippen LogP contribution in [0.15, 0.2) is 24.3 Å². The van der Waals surface area contributed by atoms with Crippen LogP contribution in [-0.4, -0.2) is 13.1 Å². The van der Waals surface area contributed by atoms with Crippen LogP contribution in [0.5, 0.6) is 0 Å². The molecular weight excluding hydrogens is 220 g/mol. The second-order valence-electron chi connectivity index (χ2n) is 5.86. The first-order chi connectivity index (χ1) is 8.84. The molecule has 2 N–H and O–H groups in total. The Morgan fingerprint density at radius 3 is 2.17 bits per heavy atom. The molecule has 2 fully saturated rings. The summed E-state index contributed by atoms with van der Waals surface area (Å²) in [5.41, 5.74) is 9.08. The highest BCUT2D eigenvalue weighted by molar-refractivity contribution is 5.48. The molecule has 1 atom stereocenters. The van der Waals surface area contributed by atoms with Gasteiger partial charge in [-0.2, -0.15) is 0 Å². The van der Waals surface area contributed by atoms with Crippen LogP contribution >= 0.6 is 0 Å². The molecule has 1 aliphatic carbocycles. The minimum absolute atomic E-state index is 0.250. The van der Waals surface area contributed by atoms with Crippen LogP contribution in [0.2, 0.25) is 0 Å². The average Bonchev–Trinajstić information content (AvgIpc) is 3.11. The van der Waals surface area contributed by atoms with E-state index in [4.69, 9.17) is 5.73 Å². The van der Waals surface area contributed by atoms with E-state index in [9.17, 15) is 0 Å². The molecule has 98 valence electrons. The number of hydrogen-bond acceptors (Lipinski definition) is 2. The van der Waals surface area contributed by atoms with Crippen LogP contribution in [0.3, 0.4) is 0 Å². The molecule has 0 bridgehead atoms. The van der Waals surface area contributed by atoms with E-state index in [1.54, 1.807) is 0 Å². The van der Waals surface area contributed by atoms with Crippen molar-refractivity contribution in [2.45, 2.75) is 44.6 Å². The van der Waals surface area contributed by atoms with Gasteiger partial charge in [0.05, 0.1) is 0 Å². The van der Waals surface area contributed by atoms with E-state index in [0.717, 1.165) is 0 Å². The lowest BCUT2D eigenvalue weighted by molar-refractivity contribution is 0.445. The second kappa shape index (κ2) is 5.31. The van der Waals surface area contributed by atoms with Gasteiger partial charge in [-0.15, -0.1) is 0 Å². The molecule has 0 amide bonds. The highest BCUT2D eigenvalue weighted by atomic mass is 15.1. The molecule has 1 aliphatic heterocycles. The van der Waals surface area contributed by atoms with Crippen molar-refractivity contribution < 1.29 is 0 Å². The highest BCUT2D eigenvalue weighted by Gasteiger charge is 2.23.